The van der Waals surface area contributed by atoms with Gasteiger partial charge in [-0.2, -0.15) is 13.2 Å². The van der Waals surface area contributed by atoms with Gasteiger partial charge in [-0.3, -0.25) is 0 Å². The van der Waals surface area contributed by atoms with E-state index in [-0.39, 0.29) is 11.6 Å². The van der Waals surface area contributed by atoms with Gasteiger partial charge in [0.1, 0.15) is 5.15 Å². The summed E-state index contributed by atoms with van der Waals surface area (Å²) >= 11 is 5.98. The molecule has 2 N–H and O–H groups in total. The van der Waals surface area contributed by atoms with Crippen LogP contribution in [0.25, 0.3) is 10.9 Å². The Balaban J connectivity index is 2.26. The van der Waals surface area contributed by atoms with Crippen molar-refractivity contribution < 1.29 is 13.2 Å². The third-order valence-electron chi connectivity index (χ3n) is 2.84. The predicted molar refractivity (Wildman–Crippen MR) is 69.0 cm³/mol. The first-order valence-electron chi connectivity index (χ1n) is 5.74. The molecule has 1 atom stereocenters. The second-order valence-electron chi connectivity index (χ2n) is 4.32. The number of pyridine rings is 1. The first kappa shape index (κ1) is 14.1. The number of hydrogen-bond acceptors (Lipinski definition) is 2. The largest absolute Gasteiger partial charge is 0.389 e. The highest BCUT2D eigenvalue weighted by Gasteiger charge is 2.28. The van der Waals surface area contributed by atoms with Crippen molar-refractivity contribution in [3.63, 3.8) is 0 Å². The van der Waals surface area contributed by atoms with Crippen LogP contribution in [0.1, 0.15) is 24.4 Å². The number of nitrogens with zero attached hydrogens (tertiary/aromatic N) is 1. The van der Waals surface area contributed by atoms with E-state index in [4.69, 9.17) is 17.3 Å². The fourth-order valence-electron chi connectivity index (χ4n) is 1.84. The Morgan fingerprint density at radius 3 is 2.63 bits per heavy atom. The molecule has 1 heterocycles. The number of rotatable bonds is 3. The molecule has 0 unspecified atom stereocenters. The van der Waals surface area contributed by atoms with E-state index in [0.29, 0.717) is 11.1 Å². The monoisotopic (exact) mass is 288 g/mol. The Kier molecular flexibility index (Phi) is 3.96. The Morgan fingerprint density at radius 1 is 1.26 bits per heavy atom. The fraction of sp³-hybridized carbons (Fsp3) is 0.308. The number of para-hydroxylation sites is 1. The molecule has 0 amide bonds. The summed E-state index contributed by atoms with van der Waals surface area (Å²) < 4.78 is 36.5. The van der Waals surface area contributed by atoms with E-state index < -0.39 is 18.6 Å². The quantitative estimate of drug-likeness (QED) is 0.858. The normalized spacial score (nSPS) is 13.7. The summed E-state index contributed by atoms with van der Waals surface area (Å²) in [6.45, 7) is 0. The van der Waals surface area contributed by atoms with Crippen LogP contribution in [-0.2, 0) is 0 Å². The number of aromatic nitrogens is 1. The minimum Gasteiger partial charge on any atom is -0.324 e. The molecule has 0 aliphatic heterocycles. The highest BCUT2D eigenvalue weighted by molar-refractivity contribution is 6.30. The molecule has 2 nitrogen and oxygen atoms in total. The highest BCUT2D eigenvalue weighted by atomic mass is 35.5. The van der Waals surface area contributed by atoms with Crippen molar-refractivity contribution in [2.45, 2.75) is 25.1 Å². The molecule has 6 heteroatoms. The fourth-order valence-corrected chi connectivity index (χ4v) is 2.13. The van der Waals surface area contributed by atoms with Crippen molar-refractivity contribution in [1.29, 1.82) is 0 Å². The molecule has 0 spiro atoms. The van der Waals surface area contributed by atoms with Gasteiger partial charge in [-0.05, 0) is 18.6 Å². The second kappa shape index (κ2) is 5.35. The lowest BCUT2D eigenvalue weighted by Gasteiger charge is -2.15. The van der Waals surface area contributed by atoms with Crippen LogP contribution in [0.3, 0.4) is 0 Å². The third-order valence-corrected chi connectivity index (χ3v) is 3.15. The molecular formula is C13H12ClF3N2. The van der Waals surface area contributed by atoms with Crippen molar-refractivity contribution >= 4 is 22.5 Å². The number of fused-ring (bicyclic) bond motifs is 1. The van der Waals surface area contributed by atoms with Crippen LogP contribution >= 0.6 is 11.6 Å². The zero-order valence-electron chi connectivity index (χ0n) is 9.91. The van der Waals surface area contributed by atoms with Gasteiger partial charge in [0.15, 0.2) is 0 Å². The molecule has 1 aromatic carbocycles. The molecule has 0 saturated heterocycles. The molecule has 0 aliphatic carbocycles. The van der Waals surface area contributed by atoms with Gasteiger partial charge in [-0.1, -0.05) is 29.8 Å². The average Bonchev–Trinajstić information content (AvgIpc) is 2.34. The first-order chi connectivity index (χ1) is 8.87. The van der Waals surface area contributed by atoms with Crippen LogP contribution < -0.4 is 5.73 Å². The lowest BCUT2D eigenvalue weighted by Crippen LogP contribution is -2.16. The highest BCUT2D eigenvalue weighted by Crippen LogP contribution is 2.30. The molecule has 1 aromatic heterocycles. The average molecular weight is 289 g/mol. The van der Waals surface area contributed by atoms with Gasteiger partial charge in [0, 0.05) is 23.4 Å². The van der Waals surface area contributed by atoms with Crippen LogP contribution in [-0.4, -0.2) is 11.2 Å². The summed E-state index contributed by atoms with van der Waals surface area (Å²) in [4.78, 5) is 4.15. The van der Waals surface area contributed by atoms with E-state index in [1.807, 2.05) is 18.2 Å². The van der Waals surface area contributed by atoms with Crippen LogP contribution in [0.2, 0.25) is 5.15 Å². The molecule has 0 radical (unpaired) electrons. The van der Waals surface area contributed by atoms with E-state index in [2.05, 4.69) is 4.98 Å². The minimum absolute atomic E-state index is 0.161. The predicted octanol–water partition coefficient (Wildman–Crippen LogP) is 4.23. The van der Waals surface area contributed by atoms with Crippen LogP contribution in [0, 0.1) is 0 Å². The lowest BCUT2D eigenvalue weighted by molar-refractivity contribution is -0.136. The van der Waals surface area contributed by atoms with E-state index in [1.165, 1.54) is 0 Å². The standard InChI is InChI=1S/C13H12ClF3N2/c14-12-9(10(18)5-6-13(15,16)17)7-8-3-1-2-4-11(8)19-12/h1-4,7,10H,5-6,18H2/t10-/m0/s1. The van der Waals surface area contributed by atoms with E-state index >= 15 is 0 Å². The number of halogens is 4. The van der Waals surface area contributed by atoms with Crippen molar-refractivity contribution in [3.8, 4) is 0 Å². The maximum Gasteiger partial charge on any atom is 0.389 e. The Hall–Kier alpha value is -1.33. The number of alkyl halides is 3. The zero-order valence-corrected chi connectivity index (χ0v) is 10.7. The van der Waals surface area contributed by atoms with Crippen molar-refractivity contribution in [3.05, 3.63) is 41.0 Å². The SMILES string of the molecule is N[C@@H](CCC(F)(F)F)c1cc2ccccc2nc1Cl. The molecule has 0 fully saturated rings. The van der Waals surface area contributed by atoms with Gasteiger partial charge in [-0.25, -0.2) is 4.98 Å². The summed E-state index contributed by atoms with van der Waals surface area (Å²) in [6, 6.07) is 8.17. The summed E-state index contributed by atoms with van der Waals surface area (Å²) in [5, 5.41) is 0.970. The number of benzene rings is 1. The van der Waals surface area contributed by atoms with Crippen LogP contribution in [0.15, 0.2) is 30.3 Å². The number of hydrogen-bond donors (Lipinski definition) is 1. The molecule has 2 aromatic rings. The lowest BCUT2D eigenvalue weighted by atomic mass is 10.0. The Morgan fingerprint density at radius 2 is 1.95 bits per heavy atom. The van der Waals surface area contributed by atoms with Gasteiger partial charge in [0.05, 0.1) is 5.52 Å². The van der Waals surface area contributed by atoms with E-state index in [9.17, 15) is 13.2 Å². The Labute approximate surface area is 113 Å². The second-order valence-corrected chi connectivity index (χ2v) is 4.68. The first-order valence-corrected chi connectivity index (χ1v) is 6.12. The molecular weight excluding hydrogens is 277 g/mol. The van der Waals surface area contributed by atoms with Gasteiger partial charge in [0.25, 0.3) is 0 Å². The summed E-state index contributed by atoms with van der Waals surface area (Å²) in [7, 11) is 0. The van der Waals surface area contributed by atoms with Crippen LogP contribution in [0.5, 0.6) is 0 Å². The van der Waals surface area contributed by atoms with Crippen molar-refractivity contribution in [2.75, 3.05) is 0 Å². The summed E-state index contributed by atoms with van der Waals surface area (Å²) in [5.74, 6) is 0. The van der Waals surface area contributed by atoms with Gasteiger partial charge < -0.3 is 5.73 Å². The smallest absolute Gasteiger partial charge is 0.324 e. The van der Waals surface area contributed by atoms with Crippen molar-refractivity contribution in [1.82, 2.24) is 4.98 Å². The minimum atomic E-state index is -4.21. The van der Waals surface area contributed by atoms with E-state index in [1.54, 1.807) is 12.1 Å². The molecule has 0 aliphatic rings. The topological polar surface area (TPSA) is 38.9 Å². The van der Waals surface area contributed by atoms with Gasteiger partial charge in [0.2, 0.25) is 0 Å². The third kappa shape index (κ3) is 3.58. The maximum absolute atomic E-state index is 12.2. The van der Waals surface area contributed by atoms with Gasteiger partial charge in [-0.15, -0.1) is 0 Å². The molecule has 102 valence electrons. The summed E-state index contributed by atoms with van der Waals surface area (Å²) in [5.41, 5.74) is 6.91. The maximum atomic E-state index is 12.2. The van der Waals surface area contributed by atoms with Crippen molar-refractivity contribution in [2.24, 2.45) is 5.73 Å². The number of nitrogens with two attached hydrogens (primary N) is 1. The van der Waals surface area contributed by atoms with Crippen LogP contribution in [0.4, 0.5) is 13.2 Å². The Bertz CT molecular complexity index is 584. The van der Waals surface area contributed by atoms with Gasteiger partial charge >= 0.3 is 6.18 Å². The summed E-state index contributed by atoms with van der Waals surface area (Å²) in [6.07, 6.45) is -5.35. The molecule has 19 heavy (non-hydrogen) atoms. The zero-order chi connectivity index (χ0) is 14.0. The molecule has 2 rings (SSSR count). The molecule has 0 saturated carbocycles. The molecule has 0 bridgehead atoms. The van der Waals surface area contributed by atoms with E-state index in [0.717, 1.165) is 5.39 Å².